The number of aromatic nitrogens is 2. The first-order chi connectivity index (χ1) is 11.1. The van der Waals surface area contributed by atoms with Crippen LogP contribution in [0, 0.1) is 0 Å². The lowest BCUT2D eigenvalue weighted by Crippen LogP contribution is -2.43. The highest BCUT2D eigenvalue weighted by Gasteiger charge is 2.15. The molecule has 1 aliphatic rings. The minimum atomic E-state index is -0.174. The topological polar surface area (TPSA) is 79.3 Å². The lowest BCUT2D eigenvalue weighted by Gasteiger charge is -2.20. The molecule has 0 saturated carbocycles. The van der Waals surface area contributed by atoms with E-state index >= 15 is 0 Å². The summed E-state index contributed by atoms with van der Waals surface area (Å²) in [6.07, 6.45) is 8.27. The van der Waals surface area contributed by atoms with Crippen LogP contribution in [0.3, 0.4) is 0 Å². The third-order valence-corrected chi connectivity index (χ3v) is 3.96. The van der Waals surface area contributed by atoms with E-state index in [1.807, 2.05) is 24.1 Å². The van der Waals surface area contributed by atoms with E-state index in [2.05, 4.69) is 15.7 Å². The minimum Gasteiger partial charge on any atom is -0.343 e. The van der Waals surface area contributed by atoms with Crippen molar-refractivity contribution >= 4 is 11.9 Å². The molecule has 2 N–H and O–H groups in total. The average molecular weight is 321 g/mol. The fourth-order valence-corrected chi connectivity index (χ4v) is 2.76. The molecule has 0 bridgehead atoms. The summed E-state index contributed by atoms with van der Waals surface area (Å²) in [5.41, 5.74) is 0. The molecule has 1 aliphatic heterocycles. The van der Waals surface area contributed by atoms with E-state index in [0.29, 0.717) is 19.5 Å². The molecule has 2 heterocycles. The van der Waals surface area contributed by atoms with Gasteiger partial charge in [-0.1, -0.05) is 6.42 Å². The van der Waals surface area contributed by atoms with Crippen molar-refractivity contribution in [2.75, 3.05) is 19.6 Å². The van der Waals surface area contributed by atoms with Crippen molar-refractivity contribution in [2.45, 2.75) is 51.6 Å². The minimum absolute atomic E-state index is 0.00193. The molecular weight excluding hydrogens is 294 g/mol. The van der Waals surface area contributed by atoms with Gasteiger partial charge in [-0.15, -0.1) is 0 Å². The third kappa shape index (κ3) is 6.30. The van der Waals surface area contributed by atoms with Crippen LogP contribution in [0.2, 0.25) is 0 Å². The molecule has 0 unspecified atom stereocenters. The highest BCUT2D eigenvalue weighted by Crippen LogP contribution is 2.11. The molecule has 3 amide bonds. The number of nitrogens with one attached hydrogen (secondary N) is 2. The van der Waals surface area contributed by atoms with Crippen LogP contribution in [-0.2, 0) is 11.3 Å². The average Bonchev–Trinajstić information content (AvgIpc) is 2.92. The number of nitrogens with zero attached hydrogens (tertiary/aromatic N) is 3. The van der Waals surface area contributed by atoms with Gasteiger partial charge in [0.25, 0.3) is 0 Å². The Labute approximate surface area is 137 Å². The Kier molecular flexibility index (Phi) is 6.90. The first-order valence-electron chi connectivity index (χ1n) is 8.44. The Morgan fingerprint density at radius 3 is 3.04 bits per heavy atom. The molecule has 0 aliphatic carbocycles. The highest BCUT2D eigenvalue weighted by atomic mass is 16.2. The quantitative estimate of drug-likeness (QED) is 0.744. The summed E-state index contributed by atoms with van der Waals surface area (Å²) in [5.74, 6) is 0.250. The van der Waals surface area contributed by atoms with Crippen molar-refractivity contribution in [2.24, 2.45) is 0 Å². The second kappa shape index (κ2) is 9.17. The molecule has 7 heteroatoms. The van der Waals surface area contributed by atoms with Gasteiger partial charge in [0.2, 0.25) is 5.91 Å². The zero-order valence-corrected chi connectivity index (χ0v) is 13.8. The van der Waals surface area contributed by atoms with E-state index < -0.39 is 0 Å². The van der Waals surface area contributed by atoms with E-state index in [1.54, 1.807) is 10.9 Å². The van der Waals surface area contributed by atoms with Gasteiger partial charge in [-0.3, -0.25) is 9.48 Å². The molecule has 2 rings (SSSR count). The van der Waals surface area contributed by atoms with Crippen LogP contribution in [0.25, 0.3) is 0 Å². The van der Waals surface area contributed by atoms with Crippen molar-refractivity contribution in [3.8, 4) is 0 Å². The fraction of sp³-hybridized carbons (Fsp3) is 0.688. The standard InChI is InChI=1S/C16H27N5O2/c1-14(13-21-12-6-9-18-21)19-16(23)17-8-5-11-20-10-4-2-3-7-15(20)22/h6,9,12,14H,2-5,7-8,10-11,13H2,1H3,(H2,17,19,23)/t14-/m1/s1. The third-order valence-electron chi connectivity index (χ3n) is 3.96. The smallest absolute Gasteiger partial charge is 0.315 e. The summed E-state index contributed by atoms with van der Waals surface area (Å²) < 4.78 is 1.79. The van der Waals surface area contributed by atoms with Gasteiger partial charge < -0.3 is 15.5 Å². The Bertz CT molecular complexity index is 489. The summed E-state index contributed by atoms with van der Waals surface area (Å²) in [6.45, 7) is 4.73. The number of rotatable bonds is 7. The molecule has 1 aromatic heterocycles. The summed E-state index contributed by atoms with van der Waals surface area (Å²) in [5, 5.41) is 9.84. The van der Waals surface area contributed by atoms with Crippen LogP contribution in [0.4, 0.5) is 4.79 Å². The summed E-state index contributed by atoms with van der Waals surface area (Å²) >= 11 is 0. The molecule has 0 aromatic carbocycles. The molecule has 128 valence electrons. The van der Waals surface area contributed by atoms with Crippen LogP contribution in [0.5, 0.6) is 0 Å². The number of carbonyl (C=O) groups excluding carboxylic acids is 2. The Hall–Kier alpha value is -2.05. The normalized spacial score (nSPS) is 16.7. The van der Waals surface area contributed by atoms with Gasteiger partial charge in [-0.25, -0.2) is 4.79 Å². The van der Waals surface area contributed by atoms with Crippen LogP contribution in [0.1, 0.15) is 39.0 Å². The van der Waals surface area contributed by atoms with E-state index in [0.717, 1.165) is 38.8 Å². The number of urea groups is 1. The van der Waals surface area contributed by atoms with Gasteiger partial charge in [0.1, 0.15) is 0 Å². The second-order valence-electron chi connectivity index (χ2n) is 6.07. The SMILES string of the molecule is C[C@H](Cn1cccn1)NC(=O)NCCCN1CCCCCC1=O. The second-order valence-corrected chi connectivity index (χ2v) is 6.07. The van der Waals surface area contributed by atoms with Crippen LogP contribution in [0.15, 0.2) is 18.5 Å². The molecule has 23 heavy (non-hydrogen) atoms. The number of carbonyl (C=O) groups is 2. The Balaban J connectivity index is 1.58. The molecule has 1 aromatic rings. The monoisotopic (exact) mass is 321 g/mol. The maximum Gasteiger partial charge on any atom is 0.315 e. The molecule has 0 radical (unpaired) electrons. The van der Waals surface area contributed by atoms with Crippen molar-refractivity contribution in [3.05, 3.63) is 18.5 Å². The lowest BCUT2D eigenvalue weighted by atomic mass is 10.2. The van der Waals surface area contributed by atoms with Crippen LogP contribution in [-0.4, -0.2) is 52.3 Å². The van der Waals surface area contributed by atoms with Gasteiger partial charge in [0.05, 0.1) is 6.54 Å². The van der Waals surface area contributed by atoms with E-state index in [1.165, 1.54) is 0 Å². The summed E-state index contributed by atoms with van der Waals surface area (Å²) in [4.78, 5) is 25.6. The molecule has 1 atom stereocenters. The van der Waals surface area contributed by atoms with Gasteiger partial charge in [-0.2, -0.15) is 5.10 Å². The maximum absolute atomic E-state index is 11.9. The van der Waals surface area contributed by atoms with Crippen LogP contribution < -0.4 is 10.6 Å². The maximum atomic E-state index is 11.9. The predicted molar refractivity (Wildman–Crippen MR) is 87.9 cm³/mol. The van der Waals surface area contributed by atoms with Gasteiger partial charge in [0, 0.05) is 44.5 Å². The molecule has 1 fully saturated rings. The Morgan fingerprint density at radius 2 is 2.26 bits per heavy atom. The summed E-state index contributed by atoms with van der Waals surface area (Å²) in [6, 6.07) is 1.69. The van der Waals surface area contributed by atoms with Crippen molar-refractivity contribution in [1.29, 1.82) is 0 Å². The van der Waals surface area contributed by atoms with Gasteiger partial charge in [-0.05, 0) is 32.3 Å². The van der Waals surface area contributed by atoms with E-state index in [4.69, 9.17) is 0 Å². The largest absolute Gasteiger partial charge is 0.343 e. The van der Waals surface area contributed by atoms with Crippen molar-refractivity contribution in [3.63, 3.8) is 0 Å². The first-order valence-corrected chi connectivity index (χ1v) is 8.44. The highest BCUT2D eigenvalue weighted by molar-refractivity contribution is 5.76. The van der Waals surface area contributed by atoms with Gasteiger partial charge in [0.15, 0.2) is 0 Å². The van der Waals surface area contributed by atoms with Crippen molar-refractivity contribution in [1.82, 2.24) is 25.3 Å². The number of amides is 3. The van der Waals surface area contributed by atoms with E-state index in [9.17, 15) is 9.59 Å². The number of likely N-dealkylation sites (tertiary alicyclic amines) is 1. The number of hydrogen-bond donors (Lipinski definition) is 2. The fourth-order valence-electron chi connectivity index (χ4n) is 2.76. The van der Waals surface area contributed by atoms with E-state index in [-0.39, 0.29) is 18.0 Å². The molecule has 7 nitrogen and oxygen atoms in total. The zero-order chi connectivity index (χ0) is 16.5. The van der Waals surface area contributed by atoms with Crippen molar-refractivity contribution < 1.29 is 9.59 Å². The van der Waals surface area contributed by atoms with Gasteiger partial charge >= 0.3 is 6.03 Å². The zero-order valence-electron chi connectivity index (χ0n) is 13.8. The number of hydrogen-bond acceptors (Lipinski definition) is 3. The van der Waals surface area contributed by atoms with Crippen LogP contribution >= 0.6 is 0 Å². The first kappa shape index (κ1) is 17.3. The lowest BCUT2D eigenvalue weighted by molar-refractivity contribution is -0.130. The molecule has 1 saturated heterocycles. The molecular formula is C16H27N5O2. The predicted octanol–water partition coefficient (Wildman–Crippen LogP) is 1.36. The summed E-state index contributed by atoms with van der Waals surface area (Å²) in [7, 11) is 0. The Morgan fingerprint density at radius 1 is 1.39 bits per heavy atom. The molecule has 0 spiro atoms.